The summed E-state index contributed by atoms with van der Waals surface area (Å²) in [6.45, 7) is 2.03. The van der Waals surface area contributed by atoms with Crippen LogP contribution in [0.1, 0.15) is 11.1 Å². The van der Waals surface area contributed by atoms with E-state index in [1.54, 1.807) is 31.4 Å². The summed E-state index contributed by atoms with van der Waals surface area (Å²) in [4.78, 5) is 12.3. The Morgan fingerprint density at radius 3 is 2.44 bits per heavy atom. The number of rotatable bonds is 8. The molecular weight excluding hydrogens is 450 g/mol. The maximum absolute atomic E-state index is 12.3. The van der Waals surface area contributed by atoms with Gasteiger partial charge in [0.25, 0.3) is 5.91 Å². The third kappa shape index (κ3) is 5.62. The number of carbonyl (C=O) groups is 1. The molecule has 8 nitrogen and oxygen atoms in total. The van der Waals surface area contributed by atoms with Crippen molar-refractivity contribution in [3.05, 3.63) is 83.9 Å². The van der Waals surface area contributed by atoms with Crippen LogP contribution >= 0.6 is 11.8 Å². The predicted octanol–water partition coefficient (Wildman–Crippen LogP) is 4.20. The molecule has 0 radical (unpaired) electrons. The highest BCUT2D eigenvalue weighted by Gasteiger charge is 2.17. The molecule has 0 aliphatic rings. The molecule has 34 heavy (non-hydrogen) atoms. The number of hydrazone groups is 1. The highest BCUT2D eigenvalue weighted by Crippen LogP contribution is 2.29. The number of thioether (sulfide) groups is 1. The summed E-state index contributed by atoms with van der Waals surface area (Å²) in [5.41, 5.74) is 6.19. The zero-order valence-electron chi connectivity index (χ0n) is 18.7. The highest BCUT2D eigenvalue weighted by atomic mass is 32.2. The van der Waals surface area contributed by atoms with Gasteiger partial charge in [-0.15, -0.1) is 10.2 Å². The van der Waals surface area contributed by atoms with Gasteiger partial charge >= 0.3 is 0 Å². The van der Waals surface area contributed by atoms with Crippen LogP contribution in [-0.4, -0.2) is 44.9 Å². The number of benzene rings is 3. The highest BCUT2D eigenvalue weighted by molar-refractivity contribution is 7.99. The molecule has 0 unspecified atom stereocenters. The van der Waals surface area contributed by atoms with E-state index in [1.807, 2.05) is 60.0 Å². The zero-order chi connectivity index (χ0) is 23.9. The van der Waals surface area contributed by atoms with Crippen molar-refractivity contribution in [1.82, 2.24) is 20.2 Å². The molecule has 0 atom stereocenters. The van der Waals surface area contributed by atoms with Gasteiger partial charge in [-0.05, 0) is 73.2 Å². The number of phenolic OH excluding ortho intramolecular Hbond substituents is 1. The lowest BCUT2D eigenvalue weighted by Crippen LogP contribution is -2.20. The van der Waals surface area contributed by atoms with Gasteiger partial charge in [-0.3, -0.25) is 9.36 Å². The van der Waals surface area contributed by atoms with Gasteiger partial charge in [-0.25, -0.2) is 5.43 Å². The molecule has 9 heteroatoms. The van der Waals surface area contributed by atoms with E-state index < -0.39 is 0 Å². The fourth-order valence-electron chi connectivity index (χ4n) is 3.12. The Morgan fingerprint density at radius 1 is 1.06 bits per heavy atom. The molecule has 4 rings (SSSR count). The first-order valence-corrected chi connectivity index (χ1v) is 11.4. The van der Waals surface area contributed by atoms with E-state index in [1.165, 1.54) is 18.0 Å². The minimum absolute atomic E-state index is 0.111. The van der Waals surface area contributed by atoms with E-state index in [4.69, 9.17) is 4.74 Å². The van der Waals surface area contributed by atoms with Gasteiger partial charge in [0.05, 0.1) is 19.1 Å². The maximum Gasteiger partial charge on any atom is 0.250 e. The number of aryl methyl sites for hydroxylation is 1. The van der Waals surface area contributed by atoms with Crippen LogP contribution in [0.4, 0.5) is 0 Å². The maximum atomic E-state index is 12.3. The fraction of sp³-hybridized carbons (Fsp3) is 0.120. The van der Waals surface area contributed by atoms with Crippen LogP contribution < -0.4 is 10.2 Å². The van der Waals surface area contributed by atoms with Gasteiger partial charge < -0.3 is 9.84 Å². The molecule has 0 aliphatic carbocycles. The minimum Gasteiger partial charge on any atom is -0.508 e. The summed E-state index contributed by atoms with van der Waals surface area (Å²) in [6, 6.07) is 22.1. The van der Waals surface area contributed by atoms with Gasteiger partial charge in [0, 0.05) is 11.3 Å². The average Bonchev–Trinajstić information content (AvgIpc) is 3.28. The molecule has 0 aliphatic heterocycles. The summed E-state index contributed by atoms with van der Waals surface area (Å²) < 4.78 is 7.18. The molecule has 0 saturated heterocycles. The van der Waals surface area contributed by atoms with E-state index in [2.05, 4.69) is 20.7 Å². The Bertz CT molecular complexity index is 1280. The Kier molecular flexibility index (Phi) is 7.24. The van der Waals surface area contributed by atoms with Crippen LogP contribution in [-0.2, 0) is 4.79 Å². The molecule has 1 heterocycles. The van der Waals surface area contributed by atoms with Gasteiger partial charge in [0.15, 0.2) is 11.0 Å². The number of methoxy groups -OCH3 is 1. The minimum atomic E-state index is -0.274. The molecule has 0 fully saturated rings. The lowest BCUT2D eigenvalue weighted by Gasteiger charge is -2.11. The first-order chi connectivity index (χ1) is 16.5. The second-order valence-corrected chi connectivity index (χ2v) is 8.32. The third-order valence-corrected chi connectivity index (χ3v) is 5.83. The predicted molar refractivity (Wildman–Crippen MR) is 133 cm³/mol. The summed E-state index contributed by atoms with van der Waals surface area (Å²) >= 11 is 1.27. The van der Waals surface area contributed by atoms with Crippen molar-refractivity contribution >= 4 is 23.9 Å². The Morgan fingerprint density at radius 2 is 1.76 bits per heavy atom. The summed E-state index contributed by atoms with van der Waals surface area (Å²) in [7, 11) is 1.62. The third-order valence-electron chi connectivity index (χ3n) is 4.90. The second-order valence-electron chi connectivity index (χ2n) is 7.38. The van der Waals surface area contributed by atoms with Gasteiger partial charge in [0.2, 0.25) is 0 Å². The molecule has 0 bridgehead atoms. The molecule has 0 spiro atoms. The summed E-state index contributed by atoms with van der Waals surface area (Å²) in [6.07, 6.45) is 1.51. The smallest absolute Gasteiger partial charge is 0.250 e. The lowest BCUT2D eigenvalue weighted by atomic mass is 10.2. The van der Waals surface area contributed by atoms with Crippen molar-refractivity contribution in [3.63, 3.8) is 0 Å². The number of nitrogens with zero attached hydrogens (tertiary/aromatic N) is 4. The van der Waals surface area contributed by atoms with Gasteiger partial charge in [-0.1, -0.05) is 29.5 Å². The van der Waals surface area contributed by atoms with Crippen LogP contribution in [0, 0.1) is 6.92 Å². The molecule has 0 saturated carbocycles. The number of ether oxygens (including phenoxy) is 1. The quantitative estimate of drug-likeness (QED) is 0.226. The number of aromatic hydroxyl groups is 1. The Hall–Kier alpha value is -4.11. The Labute approximate surface area is 201 Å². The van der Waals surface area contributed by atoms with Crippen LogP contribution in [0.5, 0.6) is 11.5 Å². The monoisotopic (exact) mass is 473 g/mol. The molecule has 3 aromatic carbocycles. The van der Waals surface area contributed by atoms with Crippen molar-refractivity contribution in [2.75, 3.05) is 12.9 Å². The fourth-order valence-corrected chi connectivity index (χ4v) is 3.86. The lowest BCUT2D eigenvalue weighted by molar-refractivity contribution is -0.118. The van der Waals surface area contributed by atoms with Crippen molar-refractivity contribution in [2.24, 2.45) is 5.10 Å². The number of hydrogen-bond acceptors (Lipinski definition) is 7. The normalized spacial score (nSPS) is 11.0. The molecule has 1 aromatic heterocycles. The van der Waals surface area contributed by atoms with Crippen LogP contribution in [0.25, 0.3) is 17.1 Å². The molecule has 2 N–H and O–H groups in total. The Balaban J connectivity index is 1.51. The summed E-state index contributed by atoms with van der Waals surface area (Å²) in [5, 5.41) is 22.6. The van der Waals surface area contributed by atoms with Crippen molar-refractivity contribution < 1.29 is 14.6 Å². The number of amides is 1. The number of nitrogens with one attached hydrogen (secondary N) is 1. The molecule has 4 aromatic rings. The zero-order valence-corrected chi connectivity index (χ0v) is 19.5. The average molecular weight is 474 g/mol. The first-order valence-electron chi connectivity index (χ1n) is 10.4. The topological polar surface area (TPSA) is 102 Å². The van der Waals surface area contributed by atoms with Crippen LogP contribution in [0.15, 0.2) is 83.1 Å². The van der Waals surface area contributed by atoms with E-state index >= 15 is 0 Å². The van der Waals surface area contributed by atoms with Crippen molar-refractivity contribution in [2.45, 2.75) is 12.1 Å². The standard InChI is InChI=1S/C25H23N5O3S/c1-17-3-9-20(10-4-17)30-24(19-7-13-22(33-2)14-8-19)28-29-25(30)34-16-23(32)27-26-15-18-5-11-21(31)12-6-18/h3-15,31H,16H2,1-2H3,(H,27,32)/b26-15+. The van der Waals surface area contributed by atoms with Gasteiger partial charge in [0.1, 0.15) is 11.5 Å². The van der Waals surface area contributed by atoms with E-state index in [9.17, 15) is 9.90 Å². The van der Waals surface area contributed by atoms with Gasteiger partial charge in [-0.2, -0.15) is 5.10 Å². The van der Waals surface area contributed by atoms with Crippen LogP contribution in [0.3, 0.4) is 0 Å². The van der Waals surface area contributed by atoms with Crippen molar-refractivity contribution in [3.8, 4) is 28.6 Å². The number of phenols is 1. The number of aromatic nitrogens is 3. The number of carbonyl (C=O) groups excluding carboxylic acids is 1. The van der Waals surface area contributed by atoms with Crippen LogP contribution in [0.2, 0.25) is 0 Å². The van der Waals surface area contributed by atoms with E-state index in [0.29, 0.717) is 11.0 Å². The van der Waals surface area contributed by atoms with E-state index in [-0.39, 0.29) is 17.4 Å². The molecular formula is C25H23N5O3S. The summed E-state index contributed by atoms with van der Waals surface area (Å²) in [5.74, 6) is 1.43. The second kappa shape index (κ2) is 10.7. The first kappa shape index (κ1) is 23.1. The molecule has 172 valence electrons. The van der Waals surface area contributed by atoms with Crippen molar-refractivity contribution in [1.29, 1.82) is 0 Å². The number of hydrogen-bond donors (Lipinski definition) is 2. The molecule has 1 amide bonds. The largest absolute Gasteiger partial charge is 0.508 e. The van der Waals surface area contributed by atoms with E-state index in [0.717, 1.165) is 28.1 Å². The SMILES string of the molecule is COc1ccc(-c2nnc(SCC(=O)N/N=C/c3ccc(O)cc3)n2-c2ccc(C)cc2)cc1.